The Balaban J connectivity index is 1.88. The van der Waals surface area contributed by atoms with E-state index >= 15 is 0 Å². The van der Waals surface area contributed by atoms with Gasteiger partial charge in [-0.25, -0.2) is 0 Å². The summed E-state index contributed by atoms with van der Waals surface area (Å²) in [5.41, 5.74) is 3.81. The Morgan fingerprint density at radius 1 is 1.33 bits per heavy atom. The van der Waals surface area contributed by atoms with Crippen molar-refractivity contribution in [3.8, 4) is 11.3 Å². The smallest absolute Gasteiger partial charge is 0.259 e. The first-order valence-electron chi connectivity index (χ1n) is 8.79. The lowest BCUT2D eigenvalue weighted by Crippen LogP contribution is -2.41. The van der Waals surface area contributed by atoms with Crippen molar-refractivity contribution in [3.63, 3.8) is 0 Å². The van der Waals surface area contributed by atoms with Crippen molar-refractivity contribution in [2.24, 2.45) is 11.8 Å². The quantitative estimate of drug-likeness (QED) is 0.836. The van der Waals surface area contributed by atoms with Gasteiger partial charge in [0.05, 0.1) is 6.20 Å². The Morgan fingerprint density at radius 3 is 2.83 bits per heavy atom. The van der Waals surface area contributed by atoms with Gasteiger partial charge in [0.1, 0.15) is 5.56 Å². The Labute approximate surface area is 143 Å². The number of rotatable bonds is 3. The summed E-state index contributed by atoms with van der Waals surface area (Å²) in [5, 5.41) is 3.91. The molecule has 1 aromatic heterocycles. The van der Waals surface area contributed by atoms with Gasteiger partial charge in [-0.1, -0.05) is 42.8 Å². The SMILES string of the molecule is Cc1ccc(-c2oncc2C(=O)N2CCC[C@H](C(C)C)C2)c(C)c1. The highest BCUT2D eigenvalue weighted by Gasteiger charge is 2.29. The third-order valence-electron chi connectivity index (χ3n) is 5.12. The van der Waals surface area contributed by atoms with Gasteiger partial charge in [0.15, 0.2) is 5.76 Å². The molecule has 4 heteroatoms. The Bertz CT molecular complexity index is 733. The first kappa shape index (κ1) is 16.7. The summed E-state index contributed by atoms with van der Waals surface area (Å²) < 4.78 is 5.46. The molecule has 0 radical (unpaired) electrons. The molecule has 0 N–H and O–H groups in total. The van der Waals surface area contributed by atoms with E-state index in [4.69, 9.17) is 4.52 Å². The predicted octanol–water partition coefficient (Wildman–Crippen LogP) is 4.47. The summed E-state index contributed by atoms with van der Waals surface area (Å²) in [4.78, 5) is 15.0. The Kier molecular flexibility index (Phi) is 4.74. The number of amides is 1. The van der Waals surface area contributed by atoms with E-state index in [1.807, 2.05) is 24.0 Å². The van der Waals surface area contributed by atoms with Crippen LogP contribution >= 0.6 is 0 Å². The van der Waals surface area contributed by atoms with Crippen molar-refractivity contribution in [1.29, 1.82) is 0 Å². The molecule has 0 aliphatic carbocycles. The van der Waals surface area contributed by atoms with E-state index in [2.05, 4.69) is 32.0 Å². The van der Waals surface area contributed by atoms with Gasteiger partial charge in [-0.2, -0.15) is 0 Å². The highest BCUT2D eigenvalue weighted by atomic mass is 16.5. The topological polar surface area (TPSA) is 46.3 Å². The molecule has 1 aliphatic heterocycles. The molecule has 1 fully saturated rings. The number of hydrogen-bond acceptors (Lipinski definition) is 3. The molecule has 0 unspecified atom stereocenters. The second kappa shape index (κ2) is 6.80. The van der Waals surface area contributed by atoms with Gasteiger partial charge < -0.3 is 9.42 Å². The lowest BCUT2D eigenvalue weighted by molar-refractivity contribution is 0.0642. The number of benzene rings is 1. The lowest BCUT2D eigenvalue weighted by Gasteiger charge is -2.34. The average molecular weight is 326 g/mol. The molecule has 2 aromatic rings. The van der Waals surface area contributed by atoms with E-state index in [-0.39, 0.29) is 5.91 Å². The highest BCUT2D eigenvalue weighted by molar-refractivity contribution is 5.99. The zero-order valence-corrected chi connectivity index (χ0v) is 15.0. The minimum Gasteiger partial charge on any atom is -0.355 e. The number of likely N-dealkylation sites (tertiary alicyclic amines) is 1. The van der Waals surface area contributed by atoms with Crippen LogP contribution in [0.1, 0.15) is 48.2 Å². The largest absolute Gasteiger partial charge is 0.355 e. The standard InChI is InChI=1S/C20H26N2O2/c1-13(2)16-6-5-9-22(12-16)20(23)18-11-21-24-19(18)17-8-7-14(3)10-15(17)4/h7-8,10-11,13,16H,5-6,9,12H2,1-4H3/t16-/m0/s1. The van der Waals surface area contributed by atoms with E-state index in [0.29, 0.717) is 23.2 Å². The number of carbonyl (C=O) groups excluding carboxylic acids is 1. The second-order valence-corrected chi connectivity index (χ2v) is 7.28. The summed E-state index contributed by atoms with van der Waals surface area (Å²) in [6.45, 7) is 10.2. The van der Waals surface area contributed by atoms with Crippen LogP contribution in [0, 0.1) is 25.7 Å². The summed E-state index contributed by atoms with van der Waals surface area (Å²) in [6.07, 6.45) is 3.84. The summed E-state index contributed by atoms with van der Waals surface area (Å²) in [5.74, 6) is 1.80. The van der Waals surface area contributed by atoms with Crippen LogP contribution in [0.15, 0.2) is 28.9 Å². The third kappa shape index (κ3) is 3.23. The Hall–Kier alpha value is -2.10. The summed E-state index contributed by atoms with van der Waals surface area (Å²) >= 11 is 0. The number of piperidine rings is 1. The molecule has 1 atom stereocenters. The number of nitrogens with zero attached hydrogens (tertiary/aromatic N) is 2. The molecular weight excluding hydrogens is 300 g/mol. The second-order valence-electron chi connectivity index (χ2n) is 7.28. The van der Waals surface area contributed by atoms with Crippen LogP contribution in [-0.4, -0.2) is 29.1 Å². The molecule has 1 aromatic carbocycles. The van der Waals surface area contributed by atoms with Crippen molar-refractivity contribution in [2.75, 3.05) is 13.1 Å². The molecule has 0 saturated carbocycles. The first-order valence-corrected chi connectivity index (χ1v) is 8.79. The first-order chi connectivity index (χ1) is 11.5. The number of carbonyl (C=O) groups is 1. The number of hydrogen-bond donors (Lipinski definition) is 0. The maximum atomic E-state index is 13.0. The van der Waals surface area contributed by atoms with Crippen molar-refractivity contribution in [1.82, 2.24) is 10.1 Å². The maximum absolute atomic E-state index is 13.0. The molecule has 0 spiro atoms. The van der Waals surface area contributed by atoms with Crippen LogP contribution in [0.5, 0.6) is 0 Å². The summed E-state index contributed by atoms with van der Waals surface area (Å²) in [6, 6.07) is 6.14. The van der Waals surface area contributed by atoms with Crippen LogP contribution in [0.4, 0.5) is 0 Å². The molecule has 128 valence electrons. The lowest BCUT2D eigenvalue weighted by atomic mass is 9.87. The minimum absolute atomic E-state index is 0.0385. The van der Waals surface area contributed by atoms with Crippen molar-refractivity contribution in [3.05, 3.63) is 41.1 Å². The molecule has 2 heterocycles. The normalized spacial score (nSPS) is 18.2. The number of aryl methyl sites for hydroxylation is 2. The van der Waals surface area contributed by atoms with Crippen LogP contribution in [0.3, 0.4) is 0 Å². The highest BCUT2D eigenvalue weighted by Crippen LogP contribution is 2.30. The van der Waals surface area contributed by atoms with E-state index < -0.39 is 0 Å². The molecule has 24 heavy (non-hydrogen) atoms. The van der Waals surface area contributed by atoms with Crippen molar-refractivity contribution in [2.45, 2.75) is 40.5 Å². The zero-order chi connectivity index (χ0) is 17.3. The molecule has 0 bridgehead atoms. The van der Waals surface area contributed by atoms with Crippen molar-refractivity contribution < 1.29 is 9.32 Å². The van der Waals surface area contributed by atoms with Crippen LogP contribution in [0.2, 0.25) is 0 Å². The van der Waals surface area contributed by atoms with Crippen molar-refractivity contribution >= 4 is 5.91 Å². The van der Waals surface area contributed by atoms with E-state index in [9.17, 15) is 4.79 Å². The van der Waals surface area contributed by atoms with E-state index in [1.165, 1.54) is 12.0 Å². The maximum Gasteiger partial charge on any atom is 0.259 e. The van der Waals surface area contributed by atoms with Gasteiger partial charge in [-0.15, -0.1) is 0 Å². The van der Waals surface area contributed by atoms with E-state index in [1.54, 1.807) is 6.20 Å². The van der Waals surface area contributed by atoms with Gasteiger partial charge >= 0.3 is 0 Å². The zero-order valence-electron chi connectivity index (χ0n) is 15.0. The fourth-order valence-electron chi connectivity index (χ4n) is 3.56. The minimum atomic E-state index is 0.0385. The fourth-order valence-corrected chi connectivity index (χ4v) is 3.56. The van der Waals surface area contributed by atoms with Crippen LogP contribution < -0.4 is 0 Å². The molecule has 1 aliphatic rings. The molecule has 4 nitrogen and oxygen atoms in total. The summed E-state index contributed by atoms with van der Waals surface area (Å²) in [7, 11) is 0. The average Bonchev–Trinajstić information content (AvgIpc) is 3.03. The Morgan fingerprint density at radius 2 is 2.12 bits per heavy atom. The van der Waals surface area contributed by atoms with Gasteiger partial charge in [0, 0.05) is 18.7 Å². The van der Waals surface area contributed by atoms with Crippen LogP contribution in [0.25, 0.3) is 11.3 Å². The molecule has 1 saturated heterocycles. The number of aromatic nitrogens is 1. The van der Waals surface area contributed by atoms with Crippen LogP contribution in [-0.2, 0) is 0 Å². The predicted molar refractivity (Wildman–Crippen MR) is 94.9 cm³/mol. The van der Waals surface area contributed by atoms with Gasteiger partial charge in [-0.05, 0) is 44.1 Å². The molecule has 1 amide bonds. The third-order valence-corrected chi connectivity index (χ3v) is 5.12. The van der Waals surface area contributed by atoms with Gasteiger partial charge in [0.25, 0.3) is 5.91 Å². The molecule has 3 rings (SSSR count). The monoisotopic (exact) mass is 326 g/mol. The van der Waals surface area contributed by atoms with E-state index in [0.717, 1.165) is 30.6 Å². The molecular formula is C20H26N2O2. The fraction of sp³-hybridized carbons (Fsp3) is 0.500. The van der Waals surface area contributed by atoms with Gasteiger partial charge in [0.2, 0.25) is 0 Å². The van der Waals surface area contributed by atoms with Gasteiger partial charge in [-0.3, -0.25) is 4.79 Å².